The first kappa shape index (κ1) is 10.6. The van der Waals surface area contributed by atoms with E-state index in [-0.39, 0.29) is 0 Å². The summed E-state index contributed by atoms with van der Waals surface area (Å²) in [6, 6.07) is 3.23. The second-order valence-corrected chi connectivity index (χ2v) is 4.18. The standard InChI is InChI=1S/C10H12BN3O3/c1-17-7-4-5-8(11(15)16)14-10(7)12-9(13-14)6-2-3-6/h4-6,15-16H,2-3H2,1H3. The Bertz CT molecular complexity index is 565. The summed E-state index contributed by atoms with van der Waals surface area (Å²) < 4.78 is 6.63. The molecule has 0 amide bonds. The molecule has 0 spiro atoms. The Labute approximate surface area is 98.0 Å². The van der Waals surface area contributed by atoms with E-state index in [9.17, 15) is 10.0 Å². The summed E-state index contributed by atoms with van der Waals surface area (Å²) in [5, 5.41) is 22.9. The average molecular weight is 233 g/mol. The molecule has 17 heavy (non-hydrogen) atoms. The first-order valence-electron chi connectivity index (χ1n) is 5.50. The van der Waals surface area contributed by atoms with Gasteiger partial charge in [0.15, 0.2) is 17.2 Å². The van der Waals surface area contributed by atoms with Crippen LogP contribution in [-0.2, 0) is 0 Å². The Balaban J connectivity index is 2.23. The fourth-order valence-electron chi connectivity index (χ4n) is 1.84. The van der Waals surface area contributed by atoms with E-state index in [1.807, 2.05) is 0 Å². The van der Waals surface area contributed by atoms with Gasteiger partial charge in [0.25, 0.3) is 0 Å². The number of methoxy groups -OCH3 is 1. The molecule has 6 nitrogen and oxygen atoms in total. The van der Waals surface area contributed by atoms with E-state index < -0.39 is 7.12 Å². The molecule has 0 aliphatic heterocycles. The Kier molecular flexibility index (Phi) is 2.30. The number of fused-ring (bicyclic) bond motifs is 1. The number of hydrogen-bond donors (Lipinski definition) is 2. The summed E-state index contributed by atoms with van der Waals surface area (Å²) in [7, 11) is -0.0206. The molecule has 7 heteroatoms. The predicted octanol–water partition coefficient (Wildman–Crippen LogP) is -0.705. The molecule has 2 aromatic heterocycles. The van der Waals surface area contributed by atoms with Crippen LogP contribution in [0.4, 0.5) is 0 Å². The van der Waals surface area contributed by atoms with Crippen molar-refractivity contribution in [1.29, 1.82) is 0 Å². The second-order valence-electron chi connectivity index (χ2n) is 4.18. The van der Waals surface area contributed by atoms with Crippen molar-refractivity contribution in [1.82, 2.24) is 14.6 Å². The van der Waals surface area contributed by atoms with Crippen LogP contribution >= 0.6 is 0 Å². The lowest BCUT2D eigenvalue weighted by atomic mass is 9.85. The minimum atomic E-state index is -1.57. The van der Waals surface area contributed by atoms with Crippen LogP contribution in [-0.4, -0.2) is 38.9 Å². The van der Waals surface area contributed by atoms with Gasteiger partial charge in [-0.3, -0.25) is 0 Å². The number of hydrogen-bond acceptors (Lipinski definition) is 5. The van der Waals surface area contributed by atoms with E-state index in [0.29, 0.717) is 22.9 Å². The van der Waals surface area contributed by atoms with Crippen LogP contribution in [0, 0.1) is 0 Å². The molecule has 0 unspecified atom stereocenters. The summed E-state index contributed by atoms with van der Waals surface area (Å²) in [5.41, 5.74) is 0.820. The van der Waals surface area contributed by atoms with Crippen molar-refractivity contribution in [3.05, 3.63) is 18.0 Å². The maximum atomic E-state index is 9.27. The molecule has 2 N–H and O–H groups in total. The highest BCUT2D eigenvalue weighted by Crippen LogP contribution is 2.38. The number of rotatable bonds is 3. The average Bonchev–Trinajstić information content (AvgIpc) is 3.06. The highest BCUT2D eigenvalue weighted by molar-refractivity contribution is 6.57. The van der Waals surface area contributed by atoms with Crippen molar-refractivity contribution < 1.29 is 14.8 Å². The number of nitrogens with zero attached hydrogens (tertiary/aromatic N) is 3. The van der Waals surface area contributed by atoms with Gasteiger partial charge in [-0.05, 0) is 25.0 Å². The number of pyridine rings is 1. The van der Waals surface area contributed by atoms with E-state index in [0.717, 1.165) is 18.7 Å². The Hall–Kier alpha value is -1.60. The van der Waals surface area contributed by atoms with E-state index in [1.54, 1.807) is 19.2 Å². The second kappa shape index (κ2) is 3.71. The van der Waals surface area contributed by atoms with Gasteiger partial charge in [0, 0.05) is 5.92 Å². The molecule has 0 bridgehead atoms. The van der Waals surface area contributed by atoms with Crippen LogP contribution < -0.4 is 10.3 Å². The SMILES string of the molecule is COc1ccc(B(O)O)n2nc(C3CC3)nc12. The van der Waals surface area contributed by atoms with E-state index >= 15 is 0 Å². The van der Waals surface area contributed by atoms with Crippen LogP contribution in [0.5, 0.6) is 5.75 Å². The minimum absolute atomic E-state index is 0.292. The van der Waals surface area contributed by atoms with Gasteiger partial charge >= 0.3 is 7.12 Å². The molecule has 0 saturated heterocycles. The van der Waals surface area contributed by atoms with E-state index in [2.05, 4.69) is 10.1 Å². The first-order chi connectivity index (χ1) is 8.20. The van der Waals surface area contributed by atoms with Crippen molar-refractivity contribution in [2.24, 2.45) is 0 Å². The van der Waals surface area contributed by atoms with Crippen LogP contribution in [0.15, 0.2) is 12.1 Å². The third-order valence-electron chi connectivity index (χ3n) is 2.92. The maximum Gasteiger partial charge on any atom is 0.508 e. The van der Waals surface area contributed by atoms with Gasteiger partial charge in [-0.15, -0.1) is 0 Å². The molecular weight excluding hydrogens is 221 g/mol. The quantitative estimate of drug-likeness (QED) is 0.685. The zero-order chi connectivity index (χ0) is 12.0. The zero-order valence-electron chi connectivity index (χ0n) is 9.37. The zero-order valence-corrected chi connectivity index (χ0v) is 9.37. The first-order valence-corrected chi connectivity index (χ1v) is 5.50. The maximum absolute atomic E-state index is 9.27. The minimum Gasteiger partial charge on any atom is -0.493 e. The summed E-state index contributed by atoms with van der Waals surface area (Å²) in [5.74, 6) is 1.73. The van der Waals surface area contributed by atoms with Gasteiger partial charge < -0.3 is 14.8 Å². The van der Waals surface area contributed by atoms with Gasteiger partial charge in [-0.2, -0.15) is 5.10 Å². The van der Waals surface area contributed by atoms with Gasteiger partial charge in [0.2, 0.25) is 0 Å². The van der Waals surface area contributed by atoms with Gasteiger partial charge in [0.1, 0.15) is 0 Å². The summed E-state index contributed by atoms with van der Waals surface area (Å²) in [6.45, 7) is 0. The van der Waals surface area contributed by atoms with Crippen molar-refractivity contribution in [2.45, 2.75) is 18.8 Å². The van der Waals surface area contributed by atoms with Crippen molar-refractivity contribution in [3.63, 3.8) is 0 Å². The number of aromatic nitrogens is 3. The lowest BCUT2D eigenvalue weighted by molar-refractivity contribution is 0.414. The molecule has 1 aliphatic carbocycles. The smallest absolute Gasteiger partial charge is 0.493 e. The van der Waals surface area contributed by atoms with Crippen LogP contribution in [0.1, 0.15) is 24.6 Å². The van der Waals surface area contributed by atoms with Gasteiger partial charge in [-0.25, -0.2) is 9.50 Å². The number of ether oxygens (including phenoxy) is 1. The third kappa shape index (κ3) is 1.67. The third-order valence-corrected chi connectivity index (χ3v) is 2.92. The molecule has 1 aliphatic rings. The molecule has 3 rings (SSSR count). The molecule has 2 heterocycles. The Morgan fingerprint density at radius 3 is 2.76 bits per heavy atom. The normalized spacial score (nSPS) is 15.2. The van der Waals surface area contributed by atoms with Crippen molar-refractivity contribution in [3.8, 4) is 5.75 Å². The van der Waals surface area contributed by atoms with Crippen molar-refractivity contribution >= 4 is 18.4 Å². The lowest BCUT2D eigenvalue weighted by Gasteiger charge is -2.05. The fourth-order valence-corrected chi connectivity index (χ4v) is 1.84. The monoisotopic (exact) mass is 233 g/mol. The van der Waals surface area contributed by atoms with Crippen molar-refractivity contribution in [2.75, 3.05) is 7.11 Å². The molecule has 88 valence electrons. The fraction of sp³-hybridized carbons (Fsp3) is 0.400. The Morgan fingerprint density at radius 1 is 1.41 bits per heavy atom. The largest absolute Gasteiger partial charge is 0.508 e. The molecule has 0 aromatic carbocycles. The Morgan fingerprint density at radius 2 is 2.18 bits per heavy atom. The van der Waals surface area contributed by atoms with Crippen LogP contribution in [0.25, 0.3) is 5.65 Å². The molecule has 1 fully saturated rings. The molecule has 1 saturated carbocycles. The van der Waals surface area contributed by atoms with Crippen LogP contribution in [0.2, 0.25) is 0 Å². The van der Waals surface area contributed by atoms with Gasteiger partial charge in [-0.1, -0.05) is 0 Å². The highest BCUT2D eigenvalue weighted by atomic mass is 16.5. The summed E-state index contributed by atoms with van der Waals surface area (Å²) >= 11 is 0. The molecule has 2 aromatic rings. The highest BCUT2D eigenvalue weighted by Gasteiger charge is 2.29. The summed E-state index contributed by atoms with van der Waals surface area (Å²) in [6.07, 6.45) is 2.19. The molecule has 0 atom stereocenters. The molecular formula is C10H12BN3O3. The van der Waals surface area contributed by atoms with Crippen LogP contribution in [0.3, 0.4) is 0 Å². The topological polar surface area (TPSA) is 79.9 Å². The lowest BCUT2D eigenvalue weighted by Crippen LogP contribution is -2.36. The predicted molar refractivity (Wildman–Crippen MR) is 61.3 cm³/mol. The molecule has 0 radical (unpaired) electrons. The van der Waals surface area contributed by atoms with Gasteiger partial charge in [0.05, 0.1) is 12.7 Å². The summed E-state index contributed by atoms with van der Waals surface area (Å²) in [4.78, 5) is 4.39. The van der Waals surface area contributed by atoms with E-state index in [4.69, 9.17) is 4.74 Å². The van der Waals surface area contributed by atoms with E-state index in [1.165, 1.54) is 4.52 Å².